The smallest absolute Gasteiger partial charge is 0.300 e. The molecule has 0 aliphatic carbocycles. The van der Waals surface area contributed by atoms with Gasteiger partial charge in [0.1, 0.15) is 5.76 Å². The number of hydrogen-bond acceptors (Lipinski definition) is 4. The normalized spacial score (nSPS) is 18.5. The predicted octanol–water partition coefficient (Wildman–Crippen LogP) is 4.36. The summed E-state index contributed by atoms with van der Waals surface area (Å²) in [6, 6.07) is 18.1. The second-order valence-corrected chi connectivity index (χ2v) is 6.73. The number of aromatic nitrogens is 1. The SMILES string of the molecule is O=C1C(=O)N(c2cccnc2)C(c2ccc(Cl)cc2)C1=C(O)c1ccccc1. The highest BCUT2D eigenvalue weighted by molar-refractivity contribution is 6.51. The first-order chi connectivity index (χ1) is 13.6. The minimum absolute atomic E-state index is 0.0300. The quantitative estimate of drug-likeness (QED) is 0.410. The highest BCUT2D eigenvalue weighted by atomic mass is 35.5. The number of benzene rings is 2. The third-order valence-electron chi connectivity index (χ3n) is 4.60. The number of carbonyl (C=O) groups excluding carboxylic acids is 2. The summed E-state index contributed by atoms with van der Waals surface area (Å²) in [6.45, 7) is 0. The van der Waals surface area contributed by atoms with Crippen molar-refractivity contribution in [2.45, 2.75) is 6.04 Å². The van der Waals surface area contributed by atoms with Crippen LogP contribution in [0.4, 0.5) is 5.69 Å². The Labute approximate surface area is 166 Å². The fourth-order valence-electron chi connectivity index (χ4n) is 3.31. The van der Waals surface area contributed by atoms with E-state index in [0.717, 1.165) is 0 Å². The molecule has 2 heterocycles. The van der Waals surface area contributed by atoms with Crippen LogP contribution in [0.5, 0.6) is 0 Å². The largest absolute Gasteiger partial charge is 0.507 e. The number of nitrogens with zero attached hydrogens (tertiary/aromatic N) is 2. The van der Waals surface area contributed by atoms with Gasteiger partial charge in [0, 0.05) is 16.8 Å². The first-order valence-corrected chi connectivity index (χ1v) is 8.97. The van der Waals surface area contributed by atoms with Crippen molar-refractivity contribution in [3.8, 4) is 0 Å². The third kappa shape index (κ3) is 3.06. The molecular formula is C22H15ClN2O3. The van der Waals surface area contributed by atoms with Crippen LogP contribution in [0.3, 0.4) is 0 Å². The van der Waals surface area contributed by atoms with Crippen LogP contribution in [0.2, 0.25) is 5.02 Å². The molecule has 1 amide bonds. The van der Waals surface area contributed by atoms with Gasteiger partial charge in [-0.25, -0.2) is 0 Å². The van der Waals surface area contributed by atoms with E-state index in [-0.39, 0.29) is 11.3 Å². The summed E-state index contributed by atoms with van der Waals surface area (Å²) in [5, 5.41) is 11.4. The predicted molar refractivity (Wildman–Crippen MR) is 107 cm³/mol. The van der Waals surface area contributed by atoms with Crippen LogP contribution < -0.4 is 4.90 Å². The molecule has 28 heavy (non-hydrogen) atoms. The van der Waals surface area contributed by atoms with Gasteiger partial charge in [-0.15, -0.1) is 0 Å². The molecule has 1 fully saturated rings. The minimum Gasteiger partial charge on any atom is -0.507 e. The molecule has 1 aromatic heterocycles. The second kappa shape index (κ2) is 7.29. The number of pyridine rings is 1. The fourth-order valence-corrected chi connectivity index (χ4v) is 3.43. The molecule has 138 valence electrons. The number of hydrogen-bond donors (Lipinski definition) is 1. The zero-order valence-corrected chi connectivity index (χ0v) is 15.4. The monoisotopic (exact) mass is 390 g/mol. The maximum absolute atomic E-state index is 12.9. The molecule has 0 radical (unpaired) electrons. The van der Waals surface area contributed by atoms with Crippen LogP contribution in [0, 0.1) is 0 Å². The summed E-state index contributed by atoms with van der Waals surface area (Å²) in [7, 11) is 0. The molecular weight excluding hydrogens is 376 g/mol. The number of anilines is 1. The van der Waals surface area contributed by atoms with E-state index in [1.807, 2.05) is 6.07 Å². The highest BCUT2D eigenvalue weighted by Crippen LogP contribution is 2.42. The average molecular weight is 391 g/mol. The summed E-state index contributed by atoms with van der Waals surface area (Å²) in [6.07, 6.45) is 3.10. The van der Waals surface area contributed by atoms with Gasteiger partial charge in [0.2, 0.25) is 0 Å². The summed E-state index contributed by atoms with van der Waals surface area (Å²) < 4.78 is 0. The van der Waals surface area contributed by atoms with E-state index in [0.29, 0.717) is 21.8 Å². The summed E-state index contributed by atoms with van der Waals surface area (Å²) in [4.78, 5) is 31.2. The van der Waals surface area contributed by atoms with E-state index in [1.54, 1.807) is 66.9 Å². The number of amides is 1. The Balaban J connectivity index is 1.95. The van der Waals surface area contributed by atoms with Gasteiger partial charge in [-0.1, -0.05) is 54.1 Å². The number of Topliss-reactive ketones (excluding diaryl/α,β-unsaturated/α-hetero) is 1. The molecule has 6 heteroatoms. The third-order valence-corrected chi connectivity index (χ3v) is 4.85. The number of aliphatic hydroxyl groups is 1. The lowest BCUT2D eigenvalue weighted by Crippen LogP contribution is -2.29. The van der Waals surface area contributed by atoms with Gasteiger partial charge in [0.15, 0.2) is 0 Å². The van der Waals surface area contributed by atoms with Crippen LogP contribution in [0.25, 0.3) is 5.76 Å². The summed E-state index contributed by atoms with van der Waals surface area (Å²) in [5.74, 6) is -1.68. The lowest BCUT2D eigenvalue weighted by molar-refractivity contribution is -0.132. The van der Waals surface area contributed by atoms with E-state index >= 15 is 0 Å². The van der Waals surface area contributed by atoms with Gasteiger partial charge in [0.05, 0.1) is 23.5 Å². The van der Waals surface area contributed by atoms with E-state index in [2.05, 4.69) is 4.98 Å². The minimum atomic E-state index is -0.790. The van der Waals surface area contributed by atoms with Crippen LogP contribution in [-0.2, 0) is 9.59 Å². The Morgan fingerprint density at radius 1 is 0.964 bits per heavy atom. The molecule has 2 aromatic carbocycles. The molecule has 1 saturated heterocycles. The lowest BCUT2D eigenvalue weighted by atomic mass is 9.95. The van der Waals surface area contributed by atoms with Crippen LogP contribution in [0.1, 0.15) is 17.2 Å². The molecule has 5 nitrogen and oxygen atoms in total. The number of aliphatic hydroxyl groups excluding tert-OH is 1. The molecule has 1 aliphatic heterocycles. The van der Waals surface area contributed by atoms with E-state index in [1.165, 1.54) is 11.1 Å². The Morgan fingerprint density at radius 2 is 1.68 bits per heavy atom. The van der Waals surface area contributed by atoms with Crippen molar-refractivity contribution in [1.82, 2.24) is 4.98 Å². The maximum Gasteiger partial charge on any atom is 0.300 e. The van der Waals surface area contributed by atoms with Crippen LogP contribution in [0.15, 0.2) is 84.7 Å². The van der Waals surface area contributed by atoms with Crippen molar-refractivity contribution >= 4 is 34.7 Å². The first-order valence-electron chi connectivity index (χ1n) is 8.60. The van der Waals surface area contributed by atoms with E-state index < -0.39 is 17.7 Å². The summed E-state index contributed by atoms with van der Waals surface area (Å²) >= 11 is 6.01. The molecule has 1 aliphatic rings. The van der Waals surface area contributed by atoms with Crippen molar-refractivity contribution in [3.05, 3.63) is 101 Å². The number of ketones is 1. The van der Waals surface area contributed by atoms with Crippen molar-refractivity contribution in [2.24, 2.45) is 0 Å². The Hall–Kier alpha value is -3.44. The standard InChI is InChI=1S/C22H15ClN2O3/c23-16-10-8-14(9-11-16)19-18(20(26)15-5-2-1-3-6-15)21(27)22(28)25(19)17-7-4-12-24-13-17/h1-13,19,26H. The van der Waals surface area contributed by atoms with E-state index in [9.17, 15) is 14.7 Å². The van der Waals surface area contributed by atoms with Gasteiger partial charge < -0.3 is 5.11 Å². The molecule has 0 bridgehead atoms. The number of rotatable bonds is 3. The molecule has 1 unspecified atom stereocenters. The van der Waals surface area contributed by atoms with Crippen LogP contribution >= 0.6 is 11.6 Å². The van der Waals surface area contributed by atoms with Crippen molar-refractivity contribution in [3.63, 3.8) is 0 Å². The Morgan fingerprint density at radius 3 is 2.32 bits per heavy atom. The molecule has 0 saturated carbocycles. The molecule has 3 aromatic rings. The van der Waals surface area contributed by atoms with Gasteiger partial charge in [-0.3, -0.25) is 19.5 Å². The van der Waals surface area contributed by atoms with E-state index in [4.69, 9.17) is 11.6 Å². The van der Waals surface area contributed by atoms with Crippen LogP contribution in [-0.4, -0.2) is 21.8 Å². The van der Waals surface area contributed by atoms with Gasteiger partial charge in [-0.05, 0) is 29.8 Å². The molecule has 1 atom stereocenters. The van der Waals surface area contributed by atoms with Gasteiger partial charge >= 0.3 is 0 Å². The molecule has 0 spiro atoms. The topological polar surface area (TPSA) is 70.5 Å². The highest BCUT2D eigenvalue weighted by Gasteiger charge is 2.47. The van der Waals surface area contributed by atoms with Crippen molar-refractivity contribution in [1.29, 1.82) is 0 Å². The number of halogens is 1. The second-order valence-electron chi connectivity index (χ2n) is 6.30. The Kier molecular flexibility index (Phi) is 4.67. The van der Waals surface area contributed by atoms with Gasteiger partial charge in [-0.2, -0.15) is 0 Å². The van der Waals surface area contributed by atoms with Crippen molar-refractivity contribution < 1.29 is 14.7 Å². The first kappa shape index (κ1) is 17.9. The number of carbonyl (C=O) groups is 2. The van der Waals surface area contributed by atoms with Crippen molar-refractivity contribution in [2.75, 3.05) is 4.90 Å². The zero-order chi connectivity index (χ0) is 19.7. The van der Waals surface area contributed by atoms with Gasteiger partial charge in [0.25, 0.3) is 11.7 Å². The summed E-state index contributed by atoms with van der Waals surface area (Å²) in [5.41, 5.74) is 1.62. The maximum atomic E-state index is 12.9. The Bertz CT molecular complexity index is 1060. The zero-order valence-electron chi connectivity index (χ0n) is 14.6. The fraction of sp³-hybridized carbons (Fsp3) is 0.0455. The molecule has 4 rings (SSSR count). The molecule has 1 N–H and O–H groups in total. The average Bonchev–Trinajstić information content (AvgIpc) is 3.00. The lowest BCUT2D eigenvalue weighted by Gasteiger charge is -2.25.